The molecule has 0 saturated carbocycles. The molecule has 2 unspecified atom stereocenters. The second-order valence-corrected chi connectivity index (χ2v) is 6.44. The van der Waals surface area contributed by atoms with Gasteiger partial charge in [0.05, 0.1) is 5.75 Å². The Morgan fingerprint density at radius 2 is 2.10 bits per heavy atom. The SMILES string of the molecule is CC1CCN(C(=O)CSc2ccc(O)cc2)C(CN)C1.Cl. The van der Waals surface area contributed by atoms with Gasteiger partial charge in [-0.15, -0.1) is 24.2 Å². The summed E-state index contributed by atoms with van der Waals surface area (Å²) in [5.41, 5.74) is 5.79. The fraction of sp³-hybridized carbons (Fsp3) is 0.533. The highest BCUT2D eigenvalue weighted by atomic mass is 35.5. The summed E-state index contributed by atoms with van der Waals surface area (Å²) < 4.78 is 0. The van der Waals surface area contributed by atoms with E-state index >= 15 is 0 Å². The predicted molar refractivity (Wildman–Crippen MR) is 89.0 cm³/mol. The number of aromatic hydroxyl groups is 1. The lowest BCUT2D eigenvalue weighted by atomic mass is 9.92. The van der Waals surface area contributed by atoms with Crippen LogP contribution in [0.15, 0.2) is 29.2 Å². The number of nitrogens with two attached hydrogens (primary N) is 1. The molecule has 1 aliphatic rings. The number of thioether (sulfide) groups is 1. The molecule has 1 aromatic rings. The van der Waals surface area contributed by atoms with Crippen molar-refractivity contribution in [3.05, 3.63) is 24.3 Å². The van der Waals surface area contributed by atoms with Crippen LogP contribution >= 0.6 is 24.2 Å². The van der Waals surface area contributed by atoms with E-state index in [9.17, 15) is 9.90 Å². The summed E-state index contributed by atoms with van der Waals surface area (Å²) in [5.74, 6) is 1.48. The van der Waals surface area contributed by atoms with E-state index in [2.05, 4.69) is 6.92 Å². The van der Waals surface area contributed by atoms with Gasteiger partial charge in [-0.05, 0) is 43.0 Å². The topological polar surface area (TPSA) is 66.6 Å². The van der Waals surface area contributed by atoms with E-state index in [1.54, 1.807) is 12.1 Å². The summed E-state index contributed by atoms with van der Waals surface area (Å²) in [4.78, 5) is 15.2. The van der Waals surface area contributed by atoms with Crippen molar-refractivity contribution in [2.24, 2.45) is 11.7 Å². The van der Waals surface area contributed by atoms with Gasteiger partial charge in [-0.25, -0.2) is 0 Å². The Kier molecular flexibility index (Phi) is 7.35. The summed E-state index contributed by atoms with van der Waals surface area (Å²) >= 11 is 1.50. The zero-order valence-electron chi connectivity index (χ0n) is 12.2. The van der Waals surface area contributed by atoms with Crippen molar-refractivity contribution >= 4 is 30.1 Å². The van der Waals surface area contributed by atoms with Crippen LogP contribution in [0.5, 0.6) is 5.75 Å². The molecule has 1 amide bonds. The number of carbonyl (C=O) groups excluding carboxylic acids is 1. The van der Waals surface area contributed by atoms with Crippen molar-refractivity contribution in [3.63, 3.8) is 0 Å². The molecule has 3 N–H and O–H groups in total. The Labute approximate surface area is 136 Å². The molecule has 2 atom stereocenters. The molecular weight excluding hydrogens is 308 g/mol. The van der Waals surface area contributed by atoms with E-state index in [-0.39, 0.29) is 30.1 Å². The third-order valence-electron chi connectivity index (χ3n) is 3.77. The van der Waals surface area contributed by atoms with Gasteiger partial charge in [0, 0.05) is 24.0 Å². The first kappa shape index (κ1) is 18.1. The third-order valence-corrected chi connectivity index (χ3v) is 4.77. The minimum absolute atomic E-state index is 0. The van der Waals surface area contributed by atoms with E-state index in [1.807, 2.05) is 17.0 Å². The van der Waals surface area contributed by atoms with Crippen LogP contribution < -0.4 is 5.73 Å². The number of phenols is 1. The molecule has 0 radical (unpaired) electrons. The van der Waals surface area contributed by atoms with Crippen molar-refractivity contribution in [2.75, 3.05) is 18.8 Å². The lowest BCUT2D eigenvalue weighted by molar-refractivity contribution is -0.132. The number of rotatable bonds is 4. The first-order chi connectivity index (χ1) is 9.60. The standard InChI is InChI=1S/C15H22N2O2S.ClH/c1-11-6-7-17(12(8-11)9-16)15(19)10-20-14-4-2-13(18)3-5-14;/h2-5,11-12,18H,6-10,16H2,1H3;1H. The molecule has 1 aromatic carbocycles. The van der Waals surface area contributed by atoms with Gasteiger partial charge < -0.3 is 15.7 Å². The number of piperidine rings is 1. The minimum atomic E-state index is 0. The second-order valence-electron chi connectivity index (χ2n) is 5.39. The van der Waals surface area contributed by atoms with E-state index in [0.717, 1.165) is 24.3 Å². The Morgan fingerprint density at radius 1 is 1.43 bits per heavy atom. The minimum Gasteiger partial charge on any atom is -0.508 e. The molecule has 1 aliphatic heterocycles. The number of phenolic OH excluding ortho intramolecular Hbond substituents is 1. The average molecular weight is 331 g/mol. The average Bonchev–Trinajstić information content (AvgIpc) is 2.46. The van der Waals surface area contributed by atoms with Crippen LogP contribution in [0.25, 0.3) is 0 Å². The summed E-state index contributed by atoms with van der Waals surface area (Å²) in [6.07, 6.45) is 2.07. The molecule has 4 nitrogen and oxygen atoms in total. The molecule has 0 spiro atoms. The number of nitrogens with zero attached hydrogens (tertiary/aromatic N) is 1. The van der Waals surface area contributed by atoms with Gasteiger partial charge >= 0.3 is 0 Å². The molecule has 0 aromatic heterocycles. The van der Waals surface area contributed by atoms with E-state index < -0.39 is 0 Å². The van der Waals surface area contributed by atoms with Crippen molar-refractivity contribution in [3.8, 4) is 5.75 Å². The number of amides is 1. The van der Waals surface area contributed by atoms with E-state index in [4.69, 9.17) is 5.73 Å². The lowest BCUT2D eigenvalue weighted by Crippen LogP contribution is -2.49. The van der Waals surface area contributed by atoms with Crippen LogP contribution in [-0.4, -0.2) is 40.8 Å². The van der Waals surface area contributed by atoms with Gasteiger partial charge in [0.25, 0.3) is 0 Å². The molecule has 0 bridgehead atoms. The van der Waals surface area contributed by atoms with Gasteiger partial charge in [-0.2, -0.15) is 0 Å². The number of hydrogen-bond donors (Lipinski definition) is 2. The van der Waals surface area contributed by atoms with Crippen LogP contribution in [0.1, 0.15) is 19.8 Å². The maximum Gasteiger partial charge on any atom is 0.233 e. The Morgan fingerprint density at radius 3 is 2.71 bits per heavy atom. The first-order valence-corrected chi connectivity index (χ1v) is 8.00. The third kappa shape index (κ3) is 5.09. The highest BCUT2D eigenvalue weighted by molar-refractivity contribution is 8.00. The molecule has 21 heavy (non-hydrogen) atoms. The van der Waals surface area contributed by atoms with Crippen molar-refractivity contribution in [1.29, 1.82) is 0 Å². The normalized spacial score (nSPS) is 21.7. The van der Waals surface area contributed by atoms with Crippen LogP contribution in [0.4, 0.5) is 0 Å². The summed E-state index contributed by atoms with van der Waals surface area (Å²) in [5, 5.41) is 9.23. The Balaban J connectivity index is 0.00000220. The van der Waals surface area contributed by atoms with E-state index in [0.29, 0.717) is 18.2 Å². The van der Waals surface area contributed by atoms with Gasteiger partial charge in [0.1, 0.15) is 5.75 Å². The molecule has 1 heterocycles. The fourth-order valence-electron chi connectivity index (χ4n) is 2.57. The van der Waals surface area contributed by atoms with Crippen LogP contribution in [-0.2, 0) is 4.79 Å². The molecule has 1 fully saturated rings. The zero-order valence-corrected chi connectivity index (χ0v) is 13.8. The zero-order chi connectivity index (χ0) is 14.5. The van der Waals surface area contributed by atoms with Crippen LogP contribution in [0, 0.1) is 5.92 Å². The highest BCUT2D eigenvalue weighted by Gasteiger charge is 2.28. The summed E-state index contributed by atoms with van der Waals surface area (Å²) in [6.45, 7) is 3.58. The smallest absolute Gasteiger partial charge is 0.233 e. The quantitative estimate of drug-likeness (QED) is 0.832. The molecule has 118 valence electrons. The van der Waals surface area contributed by atoms with Gasteiger partial charge in [-0.3, -0.25) is 4.79 Å². The first-order valence-electron chi connectivity index (χ1n) is 7.01. The molecular formula is C15H23ClN2O2S. The lowest BCUT2D eigenvalue weighted by Gasteiger charge is -2.38. The number of hydrogen-bond acceptors (Lipinski definition) is 4. The number of likely N-dealkylation sites (tertiary alicyclic amines) is 1. The summed E-state index contributed by atoms with van der Waals surface area (Å²) in [6, 6.07) is 7.11. The molecule has 0 aliphatic carbocycles. The largest absolute Gasteiger partial charge is 0.508 e. The predicted octanol–water partition coefficient (Wildman–Crippen LogP) is 2.49. The summed E-state index contributed by atoms with van der Waals surface area (Å²) in [7, 11) is 0. The number of benzene rings is 1. The maximum atomic E-state index is 12.3. The van der Waals surface area contributed by atoms with Gasteiger partial charge in [-0.1, -0.05) is 6.92 Å². The molecule has 6 heteroatoms. The second kappa shape index (κ2) is 8.51. The monoisotopic (exact) mass is 330 g/mol. The van der Waals surface area contributed by atoms with Crippen molar-refractivity contribution < 1.29 is 9.90 Å². The Hall–Kier alpha value is -0.910. The van der Waals surface area contributed by atoms with Gasteiger partial charge in [0.15, 0.2) is 0 Å². The fourth-order valence-corrected chi connectivity index (χ4v) is 3.36. The highest BCUT2D eigenvalue weighted by Crippen LogP contribution is 2.25. The Bertz CT molecular complexity index is 455. The number of halogens is 1. The molecule has 2 rings (SSSR count). The van der Waals surface area contributed by atoms with Crippen molar-refractivity contribution in [2.45, 2.75) is 30.7 Å². The van der Waals surface area contributed by atoms with E-state index in [1.165, 1.54) is 11.8 Å². The number of carbonyl (C=O) groups is 1. The maximum absolute atomic E-state index is 12.3. The van der Waals surface area contributed by atoms with Crippen molar-refractivity contribution in [1.82, 2.24) is 4.90 Å². The molecule has 1 saturated heterocycles. The van der Waals surface area contributed by atoms with Crippen LogP contribution in [0.3, 0.4) is 0 Å². The van der Waals surface area contributed by atoms with Crippen LogP contribution in [0.2, 0.25) is 0 Å². The van der Waals surface area contributed by atoms with Gasteiger partial charge in [0.2, 0.25) is 5.91 Å².